The largest absolute Gasteiger partial charge is 0.379 e. The summed E-state index contributed by atoms with van der Waals surface area (Å²) in [5, 5.41) is 21.1. The second-order valence-electron chi connectivity index (χ2n) is 4.09. The molecular weight excluding hydrogens is 210 g/mol. The van der Waals surface area contributed by atoms with E-state index in [0.29, 0.717) is 17.2 Å². The van der Waals surface area contributed by atoms with E-state index < -0.39 is 0 Å². The van der Waals surface area contributed by atoms with E-state index in [9.17, 15) is 0 Å². The zero-order valence-corrected chi connectivity index (χ0v) is 9.48. The van der Waals surface area contributed by atoms with E-state index in [2.05, 4.69) is 17.5 Å². The van der Waals surface area contributed by atoms with Crippen LogP contribution in [0.5, 0.6) is 0 Å². The molecule has 0 fully saturated rings. The molecule has 84 valence electrons. The van der Waals surface area contributed by atoms with Gasteiger partial charge in [-0.3, -0.25) is 0 Å². The van der Waals surface area contributed by atoms with Crippen LogP contribution in [0.4, 0.5) is 5.69 Å². The van der Waals surface area contributed by atoms with Crippen molar-refractivity contribution in [2.45, 2.75) is 25.3 Å². The van der Waals surface area contributed by atoms with Gasteiger partial charge in [-0.25, -0.2) is 0 Å². The van der Waals surface area contributed by atoms with Gasteiger partial charge in [-0.2, -0.15) is 10.5 Å². The van der Waals surface area contributed by atoms with Crippen molar-refractivity contribution in [1.29, 1.82) is 10.5 Å². The molecule has 0 radical (unpaired) electrons. The van der Waals surface area contributed by atoms with Crippen LogP contribution in [0, 0.1) is 22.7 Å². The van der Waals surface area contributed by atoms with Crippen LogP contribution in [0.15, 0.2) is 30.4 Å². The Morgan fingerprint density at radius 1 is 1.18 bits per heavy atom. The molecule has 0 bridgehead atoms. The van der Waals surface area contributed by atoms with Gasteiger partial charge in [0.15, 0.2) is 0 Å². The van der Waals surface area contributed by atoms with Crippen molar-refractivity contribution in [1.82, 2.24) is 0 Å². The summed E-state index contributed by atoms with van der Waals surface area (Å²) < 4.78 is 0. The van der Waals surface area contributed by atoms with Gasteiger partial charge >= 0.3 is 0 Å². The van der Waals surface area contributed by atoms with Crippen molar-refractivity contribution in [2.24, 2.45) is 0 Å². The first kappa shape index (κ1) is 11.2. The molecule has 0 amide bonds. The average molecular weight is 223 g/mol. The van der Waals surface area contributed by atoms with Gasteiger partial charge in [0.25, 0.3) is 0 Å². The predicted octanol–water partition coefficient (Wildman–Crippen LogP) is 2.95. The topological polar surface area (TPSA) is 59.6 Å². The third-order valence-corrected chi connectivity index (χ3v) is 2.87. The summed E-state index contributed by atoms with van der Waals surface area (Å²) >= 11 is 0. The Hall–Kier alpha value is -2.26. The molecule has 1 aromatic rings. The average Bonchev–Trinajstić information content (AvgIpc) is 2.40. The van der Waals surface area contributed by atoms with Crippen LogP contribution in [0.25, 0.3) is 0 Å². The molecule has 1 aliphatic carbocycles. The summed E-state index contributed by atoms with van der Waals surface area (Å²) in [4.78, 5) is 0. The number of rotatable bonds is 2. The molecule has 3 nitrogen and oxygen atoms in total. The van der Waals surface area contributed by atoms with Crippen molar-refractivity contribution in [2.75, 3.05) is 5.32 Å². The van der Waals surface area contributed by atoms with Gasteiger partial charge < -0.3 is 5.32 Å². The number of anilines is 1. The van der Waals surface area contributed by atoms with Gasteiger partial charge in [-0.1, -0.05) is 12.2 Å². The summed E-state index contributed by atoms with van der Waals surface area (Å²) in [7, 11) is 0. The lowest BCUT2D eigenvalue weighted by Crippen LogP contribution is -2.18. The van der Waals surface area contributed by atoms with E-state index in [1.807, 2.05) is 18.2 Å². The summed E-state index contributed by atoms with van der Waals surface area (Å²) in [5.41, 5.74) is 1.76. The number of nitrogens with one attached hydrogen (secondary N) is 1. The Morgan fingerprint density at radius 3 is 2.65 bits per heavy atom. The monoisotopic (exact) mass is 223 g/mol. The zero-order valence-electron chi connectivity index (χ0n) is 9.48. The van der Waals surface area contributed by atoms with Crippen molar-refractivity contribution < 1.29 is 0 Å². The number of hydrogen-bond donors (Lipinski definition) is 1. The first-order valence-electron chi connectivity index (χ1n) is 5.71. The molecule has 1 aromatic carbocycles. The summed E-state index contributed by atoms with van der Waals surface area (Å²) in [5.74, 6) is 0. The Balaban J connectivity index is 2.17. The Labute approximate surface area is 101 Å². The Kier molecular flexibility index (Phi) is 3.43. The van der Waals surface area contributed by atoms with Crippen LogP contribution in [-0.4, -0.2) is 6.04 Å². The van der Waals surface area contributed by atoms with Crippen LogP contribution >= 0.6 is 0 Å². The lowest BCUT2D eigenvalue weighted by Gasteiger charge is -2.19. The molecule has 17 heavy (non-hydrogen) atoms. The van der Waals surface area contributed by atoms with E-state index >= 15 is 0 Å². The lowest BCUT2D eigenvalue weighted by atomic mass is 10.0. The first-order valence-corrected chi connectivity index (χ1v) is 5.71. The third-order valence-electron chi connectivity index (χ3n) is 2.87. The number of benzene rings is 1. The summed E-state index contributed by atoms with van der Waals surface area (Å²) in [6.45, 7) is 0. The fourth-order valence-electron chi connectivity index (χ4n) is 1.97. The highest BCUT2D eigenvalue weighted by Gasteiger charge is 2.09. The van der Waals surface area contributed by atoms with Gasteiger partial charge in [-0.05, 0) is 37.5 Å². The van der Waals surface area contributed by atoms with E-state index in [1.54, 1.807) is 12.1 Å². The van der Waals surface area contributed by atoms with Crippen LogP contribution in [0.2, 0.25) is 0 Å². The number of nitrogens with zero attached hydrogens (tertiary/aromatic N) is 2. The molecule has 0 spiro atoms. The van der Waals surface area contributed by atoms with E-state index in [-0.39, 0.29) is 0 Å². The molecule has 2 rings (SSSR count). The minimum atomic E-state index is 0.336. The molecule has 0 aromatic heterocycles. The molecule has 1 unspecified atom stereocenters. The van der Waals surface area contributed by atoms with E-state index in [1.165, 1.54) is 6.42 Å². The van der Waals surface area contributed by atoms with Crippen LogP contribution in [0.1, 0.15) is 30.4 Å². The molecule has 1 atom stereocenters. The molecule has 0 saturated heterocycles. The van der Waals surface area contributed by atoms with Gasteiger partial charge in [0, 0.05) is 11.7 Å². The highest BCUT2D eigenvalue weighted by atomic mass is 14.9. The maximum Gasteiger partial charge on any atom is 0.101 e. The van der Waals surface area contributed by atoms with E-state index in [4.69, 9.17) is 10.5 Å². The smallest absolute Gasteiger partial charge is 0.101 e. The highest BCUT2D eigenvalue weighted by molar-refractivity contribution is 5.57. The van der Waals surface area contributed by atoms with Crippen molar-refractivity contribution in [3.63, 3.8) is 0 Å². The van der Waals surface area contributed by atoms with Crippen molar-refractivity contribution >= 4 is 5.69 Å². The summed E-state index contributed by atoms with van der Waals surface area (Å²) in [6.07, 6.45) is 7.78. The first-order chi connectivity index (χ1) is 8.33. The molecular formula is C14H13N3. The SMILES string of the molecule is N#Cc1ccc(NC2C=CCCC2)cc1C#N. The molecule has 0 heterocycles. The number of allylic oxidation sites excluding steroid dienone is 1. The van der Waals surface area contributed by atoms with Gasteiger partial charge in [0.05, 0.1) is 11.1 Å². The zero-order chi connectivity index (χ0) is 12.1. The van der Waals surface area contributed by atoms with E-state index in [0.717, 1.165) is 18.5 Å². The normalized spacial score (nSPS) is 18.1. The van der Waals surface area contributed by atoms with Gasteiger partial charge in [-0.15, -0.1) is 0 Å². The molecule has 3 heteroatoms. The van der Waals surface area contributed by atoms with Gasteiger partial charge in [0.1, 0.15) is 12.1 Å². The van der Waals surface area contributed by atoms with Crippen molar-refractivity contribution in [3.8, 4) is 12.1 Å². The minimum Gasteiger partial charge on any atom is -0.379 e. The molecule has 1 N–H and O–H groups in total. The fourth-order valence-corrected chi connectivity index (χ4v) is 1.97. The molecule has 0 saturated carbocycles. The van der Waals surface area contributed by atoms with Crippen LogP contribution in [0.3, 0.4) is 0 Å². The van der Waals surface area contributed by atoms with Gasteiger partial charge in [0.2, 0.25) is 0 Å². The number of nitriles is 2. The Bertz CT molecular complexity index is 517. The second-order valence-corrected chi connectivity index (χ2v) is 4.09. The standard InChI is InChI=1S/C14H13N3/c15-9-11-6-7-14(8-12(11)10-16)17-13-4-2-1-3-5-13/h2,4,6-8,13,17H,1,3,5H2. The minimum absolute atomic E-state index is 0.336. The maximum atomic E-state index is 8.94. The number of hydrogen-bond acceptors (Lipinski definition) is 3. The fraction of sp³-hybridized carbons (Fsp3) is 0.286. The molecule has 0 aliphatic heterocycles. The van der Waals surface area contributed by atoms with Crippen molar-refractivity contribution in [3.05, 3.63) is 41.5 Å². The van der Waals surface area contributed by atoms with Crippen LogP contribution in [-0.2, 0) is 0 Å². The lowest BCUT2D eigenvalue weighted by molar-refractivity contribution is 0.674. The van der Waals surface area contributed by atoms with Crippen LogP contribution < -0.4 is 5.32 Å². The summed E-state index contributed by atoms with van der Waals surface area (Å²) in [6, 6.07) is 9.67. The predicted molar refractivity (Wildman–Crippen MR) is 66.3 cm³/mol. The second kappa shape index (κ2) is 5.18. The molecule has 1 aliphatic rings. The maximum absolute atomic E-state index is 8.94. The quantitative estimate of drug-likeness (QED) is 0.784. The highest BCUT2D eigenvalue weighted by Crippen LogP contribution is 2.19. The Morgan fingerprint density at radius 2 is 2.00 bits per heavy atom. The third kappa shape index (κ3) is 2.65.